The molecule has 8 heteroatoms. The lowest BCUT2D eigenvalue weighted by atomic mass is 10.2. The number of fused-ring (bicyclic) bond motifs is 1. The molecule has 126 valence electrons. The summed E-state index contributed by atoms with van der Waals surface area (Å²) in [4.78, 5) is 12.0. The van der Waals surface area contributed by atoms with Crippen LogP contribution in [0.2, 0.25) is 5.02 Å². The molecule has 0 saturated heterocycles. The molecule has 0 spiro atoms. The Kier molecular flexibility index (Phi) is 4.07. The molecule has 0 radical (unpaired) electrons. The Morgan fingerprint density at radius 1 is 1.16 bits per heavy atom. The number of thiazole rings is 1. The summed E-state index contributed by atoms with van der Waals surface area (Å²) in [7, 11) is -3.52. The van der Waals surface area contributed by atoms with E-state index in [0.717, 1.165) is 5.69 Å². The molecule has 2 heterocycles. The number of aromatic amines is 1. The van der Waals surface area contributed by atoms with E-state index in [1.54, 1.807) is 48.0 Å². The summed E-state index contributed by atoms with van der Waals surface area (Å²) in [6.45, 7) is 0. The molecule has 1 N–H and O–H groups in total. The van der Waals surface area contributed by atoms with Crippen molar-refractivity contribution in [2.24, 2.45) is 0 Å². The first-order valence-electron chi connectivity index (χ1n) is 7.37. The summed E-state index contributed by atoms with van der Waals surface area (Å²) in [6, 6.07) is 11.8. The lowest BCUT2D eigenvalue weighted by Crippen LogP contribution is -2.05. The quantitative estimate of drug-likeness (QED) is 0.564. The van der Waals surface area contributed by atoms with Crippen molar-refractivity contribution in [1.29, 1.82) is 0 Å². The zero-order valence-corrected chi connectivity index (χ0v) is 15.2. The van der Waals surface area contributed by atoms with Gasteiger partial charge in [0.25, 0.3) is 0 Å². The molecule has 0 fully saturated rings. The Morgan fingerprint density at radius 2 is 2.00 bits per heavy atom. The Morgan fingerprint density at radius 3 is 2.76 bits per heavy atom. The van der Waals surface area contributed by atoms with E-state index in [-0.39, 0.29) is 10.6 Å². The molecule has 5 nitrogen and oxygen atoms in total. The average Bonchev–Trinajstić information content (AvgIpc) is 3.25. The minimum atomic E-state index is -3.52. The summed E-state index contributed by atoms with van der Waals surface area (Å²) in [6.07, 6.45) is 0. The highest BCUT2D eigenvalue weighted by Crippen LogP contribution is 2.26. The van der Waals surface area contributed by atoms with E-state index in [0.29, 0.717) is 27.4 Å². The van der Waals surface area contributed by atoms with Gasteiger partial charge in [-0.05, 0) is 29.8 Å². The third-order valence-corrected chi connectivity index (χ3v) is 6.41. The van der Waals surface area contributed by atoms with Gasteiger partial charge >= 0.3 is 0 Å². The summed E-state index contributed by atoms with van der Waals surface area (Å²) < 4.78 is 25.5. The van der Waals surface area contributed by atoms with Crippen LogP contribution in [-0.4, -0.2) is 23.4 Å². The van der Waals surface area contributed by atoms with Gasteiger partial charge in [0.2, 0.25) is 0 Å². The van der Waals surface area contributed by atoms with Crippen molar-refractivity contribution in [2.45, 2.75) is 10.6 Å². The van der Waals surface area contributed by atoms with Crippen LogP contribution in [0, 0.1) is 0 Å². The SMILES string of the molecule is O=S(=O)(Cc1ccccc1Cl)c1ccc2nc(-c3cscn3)[nH]c2c1. The summed E-state index contributed by atoms with van der Waals surface area (Å²) in [5, 5.41) is 2.33. The van der Waals surface area contributed by atoms with Crippen molar-refractivity contribution in [2.75, 3.05) is 0 Å². The van der Waals surface area contributed by atoms with E-state index < -0.39 is 9.84 Å². The van der Waals surface area contributed by atoms with Gasteiger partial charge in [0, 0.05) is 10.4 Å². The Balaban J connectivity index is 1.72. The maximum atomic E-state index is 12.7. The highest BCUT2D eigenvalue weighted by Gasteiger charge is 2.18. The van der Waals surface area contributed by atoms with E-state index in [1.165, 1.54) is 11.3 Å². The third kappa shape index (κ3) is 3.18. The molecule has 4 aromatic rings. The largest absolute Gasteiger partial charge is 0.337 e. The fraction of sp³-hybridized carbons (Fsp3) is 0.0588. The topological polar surface area (TPSA) is 75.7 Å². The molecule has 0 aliphatic heterocycles. The van der Waals surface area contributed by atoms with E-state index in [2.05, 4.69) is 15.0 Å². The number of sulfone groups is 1. The van der Waals surface area contributed by atoms with Crippen LogP contribution in [0.25, 0.3) is 22.6 Å². The number of hydrogen-bond donors (Lipinski definition) is 1. The minimum absolute atomic E-state index is 0.148. The Hall–Kier alpha value is -2.22. The summed E-state index contributed by atoms with van der Waals surface area (Å²) in [5.74, 6) is 0.475. The van der Waals surface area contributed by atoms with Gasteiger partial charge in [-0.25, -0.2) is 18.4 Å². The molecule has 0 unspecified atom stereocenters. The van der Waals surface area contributed by atoms with Crippen molar-refractivity contribution >= 4 is 43.8 Å². The highest BCUT2D eigenvalue weighted by atomic mass is 35.5. The standard InChI is InChI=1S/C17H12ClN3O2S2/c18-13-4-2-1-3-11(13)9-25(22,23)12-5-6-14-15(7-12)21-17(20-14)16-8-24-10-19-16/h1-8,10H,9H2,(H,20,21). The smallest absolute Gasteiger partial charge is 0.182 e. The van der Waals surface area contributed by atoms with E-state index >= 15 is 0 Å². The number of benzene rings is 2. The maximum Gasteiger partial charge on any atom is 0.182 e. The Bertz CT molecular complexity index is 1150. The molecule has 0 saturated carbocycles. The van der Waals surface area contributed by atoms with Crippen LogP contribution in [0.1, 0.15) is 5.56 Å². The minimum Gasteiger partial charge on any atom is -0.337 e. The summed E-state index contributed by atoms with van der Waals surface area (Å²) in [5.41, 5.74) is 4.39. The van der Waals surface area contributed by atoms with Crippen molar-refractivity contribution in [3.05, 3.63) is 63.9 Å². The number of halogens is 1. The number of imidazole rings is 1. The number of rotatable bonds is 4. The molecule has 2 aromatic carbocycles. The van der Waals surface area contributed by atoms with Gasteiger partial charge < -0.3 is 4.98 Å². The van der Waals surface area contributed by atoms with Gasteiger partial charge in [-0.3, -0.25) is 0 Å². The molecule has 4 rings (SSSR count). The second-order valence-electron chi connectivity index (χ2n) is 5.49. The van der Waals surface area contributed by atoms with Crippen LogP contribution in [0.5, 0.6) is 0 Å². The second kappa shape index (κ2) is 6.25. The van der Waals surface area contributed by atoms with E-state index in [1.807, 2.05) is 5.38 Å². The van der Waals surface area contributed by atoms with E-state index in [9.17, 15) is 8.42 Å². The number of hydrogen-bond acceptors (Lipinski definition) is 5. The highest BCUT2D eigenvalue weighted by molar-refractivity contribution is 7.90. The predicted molar refractivity (Wildman–Crippen MR) is 99.5 cm³/mol. The molecule has 2 aromatic heterocycles. The lowest BCUT2D eigenvalue weighted by Gasteiger charge is -2.06. The normalized spacial score (nSPS) is 11.9. The van der Waals surface area contributed by atoms with Gasteiger partial charge in [-0.2, -0.15) is 0 Å². The van der Waals surface area contributed by atoms with Crippen molar-refractivity contribution in [3.63, 3.8) is 0 Å². The van der Waals surface area contributed by atoms with Gasteiger partial charge in [-0.15, -0.1) is 11.3 Å². The molecule has 0 aliphatic carbocycles. The van der Waals surface area contributed by atoms with Crippen LogP contribution in [0.3, 0.4) is 0 Å². The zero-order valence-electron chi connectivity index (χ0n) is 12.8. The van der Waals surface area contributed by atoms with Crippen molar-refractivity contribution < 1.29 is 8.42 Å². The van der Waals surface area contributed by atoms with Crippen LogP contribution in [0.4, 0.5) is 0 Å². The van der Waals surface area contributed by atoms with E-state index in [4.69, 9.17) is 11.6 Å². The summed E-state index contributed by atoms with van der Waals surface area (Å²) >= 11 is 7.56. The average molecular weight is 390 g/mol. The van der Waals surface area contributed by atoms with Crippen molar-refractivity contribution in [1.82, 2.24) is 15.0 Å². The molecular weight excluding hydrogens is 378 g/mol. The van der Waals surface area contributed by atoms with Crippen LogP contribution >= 0.6 is 22.9 Å². The number of H-pyrrole nitrogens is 1. The lowest BCUT2D eigenvalue weighted by molar-refractivity contribution is 0.595. The molecule has 0 atom stereocenters. The molecule has 0 bridgehead atoms. The second-order valence-corrected chi connectivity index (χ2v) is 8.60. The van der Waals surface area contributed by atoms with Crippen LogP contribution in [-0.2, 0) is 15.6 Å². The fourth-order valence-electron chi connectivity index (χ4n) is 2.54. The molecular formula is C17H12ClN3O2S2. The zero-order chi connectivity index (χ0) is 17.4. The van der Waals surface area contributed by atoms with Gasteiger partial charge in [0.1, 0.15) is 5.69 Å². The van der Waals surface area contributed by atoms with Crippen LogP contribution < -0.4 is 0 Å². The predicted octanol–water partition coefficient (Wildman–Crippen LogP) is 4.31. The fourth-order valence-corrected chi connectivity index (χ4v) is 4.76. The molecule has 0 amide bonds. The Labute approximate surface area is 153 Å². The number of nitrogens with zero attached hydrogens (tertiary/aromatic N) is 2. The maximum absolute atomic E-state index is 12.7. The van der Waals surface area contributed by atoms with Gasteiger partial charge in [0.15, 0.2) is 15.7 Å². The first kappa shape index (κ1) is 16.3. The molecule has 0 aliphatic rings. The van der Waals surface area contributed by atoms with Crippen LogP contribution in [0.15, 0.2) is 58.3 Å². The van der Waals surface area contributed by atoms with Crippen molar-refractivity contribution in [3.8, 4) is 11.5 Å². The molecule has 25 heavy (non-hydrogen) atoms. The van der Waals surface area contributed by atoms with Gasteiger partial charge in [-0.1, -0.05) is 29.8 Å². The number of nitrogens with one attached hydrogen (secondary N) is 1. The first-order valence-corrected chi connectivity index (χ1v) is 10.3. The third-order valence-electron chi connectivity index (χ3n) is 3.79. The van der Waals surface area contributed by atoms with Gasteiger partial charge in [0.05, 0.1) is 27.2 Å². The monoisotopic (exact) mass is 389 g/mol. The number of aromatic nitrogens is 3. The first-order chi connectivity index (χ1) is 12.0.